The number of anilines is 1. The number of aryl methyl sites for hydroxylation is 1. The quantitative estimate of drug-likeness (QED) is 0.422. The van der Waals surface area contributed by atoms with Gasteiger partial charge in [0.2, 0.25) is 15.9 Å². The molecule has 0 saturated heterocycles. The van der Waals surface area contributed by atoms with Crippen molar-refractivity contribution in [3.8, 4) is 29.4 Å². The molecule has 0 aliphatic carbocycles. The van der Waals surface area contributed by atoms with Crippen molar-refractivity contribution in [2.24, 2.45) is 5.14 Å². The molecule has 0 atom stereocenters. The number of primary sulfonamides is 1. The van der Waals surface area contributed by atoms with E-state index >= 15 is 4.39 Å². The van der Waals surface area contributed by atoms with Crippen LogP contribution >= 0.6 is 11.6 Å². The van der Waals surface area contributed by atoms with Gasteiger partial charge in [-0.2, -0.15) is 5.26 Å². The van der Waals surface area contributed by atoms with Crippen molar-refractivity contribution in [1.29, 1.82) is 5.26 Å². The average Bonchev–Trinajstić information content (AvgIpc) is 2.83. The van der Waals surface area contributed by atoms with Crippen LogP contribution in [0.15, 0.2) is 53.4 Å². The Kier molecular flexibility index (Phi) is 9.10. The molecule has 0 spiro atoms. The Bertz CT molecular complexity index is 1610. The van der Waals surface area contributed by atoms with Crippen LogP contribution in [0, 0.1) is 35.9 Å². The maximum Gasteiger partial charge on any atom is 0.238 e. The lowest BCUT2D eigenvalue weighted by Crippen LogP contribution is -2.17. The third-order valence-corrected chi connectivity index (χ3v) is 6.37. The summed E-state index contributed by atoms with van der Waals surface area (Å²) in [5, 5.41) is 17.1. The molecule has 8 nitrogen and oxygen atoms in total. The first kappa shape index (κ1) is 28.6. The molecular formula is C27H24ClFN4O4S. The molecule has 196 valence electrons. The van der Waals surface area contributed by atoms with Gasteiger partial charge in [-0.05, 0) is 69.0 Å². The summed E-state index contributed by atoms with van der Waals surface area (Å²) in [5.41, 5.74) is 1.62. The summed E-state index contributed by atoms with van der Waals surface area (Å²) in [6, 6.07) is 13.4. The molecule has 0 aliphatic heterocycles. The first-order valence-electron chi connectivity index (χ1n) is 11.1. The third-order valence-electron chi connectivity index (χ3n) is 5.16. The number of nitrogens with zero attached hydrogens (tertiary/aromatic N) is 2. The number of nitriles is 1. The van der Waals surface area contributed by atoms with E-state index < -0.39 is 21.7 Å². The summed E-state index contributed by atoms with van der Waals surface area (Å²) in [6.07, 6.45) is -0.352. The van der Waals surface area contributed by atoms with E-state index in [0.717, 1.165) is 0 Å². The maximum atomic E-state index is 15.4. The predicted molar refractivity (Wildman–Crippen MR) is 143 cm³/mol. The fourth-order valence-electron chi connectivity index (χ4n) is 3.34. The first-order chi connectivity index (χ1) is 17.9. The summed E-state index contributed by atoms with van der Waals surface area (Å²) >= 11 is 6.20. The number of nitrogens with two attached hydrogens (primary N) is 1. The van der Waals surface area contributed by atoms with Crippen molar-refractivity contribution in [3.63, 3.8) is 0 Å². The molecule has 0 aromatic heterocycles. The zero-order valence-electron chi connectivity index (χ0n) is 20.8. The van der Waals surface area contributed by atoms with Crippen LogP contribution in [0.25, 0.3) is 0 Å². The second kappa shape index (κ2) is 12.1. The van der Waals surface area contributed by atoms with Crippen LogP contribution in [0.5, 0.6) is 11.5 Å². The van der Waals surface area contributed by atoms with Gasteiger partial charge in [-0.3, -0.25) is 9.69 Å². The number of nitrogens with one attached hydrogen (secondary N) is 1. The number of hydrogen-bond donors (Lipinski definition) is 2. The second-order valence-corrected chi connectivity index (χ2v) is 10.6. The number of hydrogen-bond acceptors (Lipinski definition) is 6. The fourth-order valence-corrected chi connectivity index (χ4v) is 4.12. The van der Waals surface area contributed by atoms with Crippen molar-refractivity contribution in [3.05, 3.63) is 81.6 Å². The average molecular weight is 555 g/mol. The van der Waals surface area contributed by atoms with Gasteiger partial charge in [0, 0.05) is 16.8 Å². The molecule has 3 aromatic rings. The summed E-state index contributed by atoms with van der Waals surface area (Å²) in [4.78, 5) is 14.4. The van der Waals surface area contributed by atoms with Crippen LogP contribution in [0.2, 0.25) is 5.02 Å². The number of carbonyl (C=O) groups excluding carboxylic acids is 1. The highest BCUT2D eigenvalue weighted by molar-refractivity contribution is 7.89. The number of halogens is 2. The van der Waals surface area contributed by atoms with Crippen molar-refractivity contribution >= 4 is 33.2 Å². The molecule has 0 saturated carbocycles. The van der Waals surface area contributed by atoms with Gasteiger partial charge in [-0.15, -0.1) is 0 Å². The Balaban J connectivity index is 1.83. The Morgan fingerprint density at radius 3 is 2.50 bits per heavy atom. The van der Waals surface area contributed by atoms with Gasteiger partial charge < -0.3 is 10.1 Å². The van der Waals surface area contributed by atoms with Gasteiger partial charge >= 0.3 is 0 Å². The lowest BCUT2D eigenvalue weighted by atomic mass is 10.1. The third kappa shape index (κ3) is 7.54. The lowest BCUT2D eigenvalue weighted by molar-refractivity contribution is -0.115. The first-order valence-corrected chi connectivity index (χ1v) is 13.1. The monoisotopic (exact) mass is 554 g/mol. The van der Waals surface area contributed by atoms with E-state index in [2.05, 4.69) is 17.2 Å². The SMILES string of the molecule is Cc1cc(S(N)(=O)=O)ccc1NC(=O)Cc1ccc(Cl)c(Oc2cc(C#N)cc(C#CCN(C)C)c2)c1F. The smallest absolute Gasteiger partial charge is 0.238 e. The zero-order chi connectivity index (χ0) is 28.0. The van der Waals surface area contributed by atoms with Crippen molar-refractivity contribution in [2.75, 3.05) is 26.0 Å². The molecule has 0 heterocycles. The van der Waals surface area contributed by atoms with Crippen LogP contribution in [0.4, 0.5) is 10.1 Å². The normalized spacial score (nSPS) is 10.9. The largest absolute Gasteiger partial charge is 0.453 e. The highest BCUT2D eigenvalue weighted by Crippen LogP contribution is 2.35. The highest BCUT2D eigenvalue weighted by atomic mass is 35.5. The molecule has 11 heteroatoms. The van der Waals surface area contributed by atoms with Gasteiger partial charge in [0.05, 0.1) is 34.5 Å². The molecule has 0 radical (unpaired) electrons. The van der Waals surface area contributed by atoms with Crippen LogP contribution < -0.4 is 15.2 Å². The molecule has 0 bridgehead atoms. The summed E-state index contributed by atoms with van der Waals surface area (Å²) < 4.78 is 44.1. The lowest BCUT2D eigenvalue weighted by Gasteiger charge is -2.13. The molecule has 0 unspecified atom stereocenters. The van der Waals surface area contributed by atoms with Gasteiger partial charge in [-0.25, -0.2) is 17.9 Å². The minimum absolute atomic E-state index is 0.0168. The van der Waals surface area contributed by atoms with Gasteiger partial charge in [0.25, 0.3) is 0 Å². The summed E-state index contributed by atoms with van der Waals surface area (Å²) in [7, 11) is -0.144. The van der Waals surface area contributed by atoms with Gasteiger partial charge in [0.15, 0.2) is 11.6 Å². The fraction of sp³-hybridized carbons (Fsp3) is 0.185. The van der Waals surface area contributed by atoms with Crippen molar-refractivity contribution in [2.45, 2.75) is 18.2 Å². The van der Waals surface area contributed by atoms with Crippen LogP contribution in [0.3, 0.4) is 0 Å². The van der Waals surface area contributed by atoms with E-state index in [9.17, 15) is 18.5 Å². The van der Waals surface area contributed by atoms with E-state index in [1.165, 1.54) is 36.4 Å². The number of amides is 1. The number of benzene rings is 3. The van der Waals surface area contributed by atoms with E-state index in [-0.39, 0.29) is 39.0 Å². The number of ether oxygens (including phenoxy) is 1. The van der Waals surface area contributed by atoms with Crippen molar-refractivity contribution < 1.29 is 22.3 Å². The summed E-state index contributed by atoms with van der Waals surface area (Å²) in [5.74, 6) is 4.38. The zero-order valence-corrected chi connectivity index (χ0v) is 22.4. The van der Waals surface area contributed by atoms with E-state index in [4.69, 9.17) is 21.5 Å². The number of rotatable bonds is 7. The maximum absolute atomic E-state index is 15.4. The summed E-state index contributed by atoms with van der Waals surface area (Å²) in [6.45, 7) is 2.11. The number of sulfonamides is 1. The molecular weight excluding hydrogens is 531 g/mol. The van der Waals surface area contributed by atoms with Crippen LogP contribution in [0.1, 0.15) is 22.3 Å². The van der Waals surface area contributed by atoms with Crippen molar-refractivity contribution in [1.82, 2.24) is 4.90 Å². The predicted octanol–water partition coefficient (Wildman–Crippen LogP) is 4.19. The van der Waals surface area contributed by atoms with Gasteiger partial charge in [-0.1, -0.05) is 29.5 Å². The second-order valence-electron chi connectivity index (χ2n) is 8.60. The Morgan fingerprint density at radius 2 is 1.87 bits per heavy atom. The standard InChI is InChI=1S/C27H24ClFN4O4S/c1-17-11-22(38(31,35)36)7-9-24(17)32-25(34)15-20-6-8-23(28)27(26(20)29)37-21-13-18(5-4-10-33(2)3)12-19(14-21)16-30/h6-9,11-14H,10,15H2,1-3H3,(H,32,34)(H2,31,35,36). The molecule has 38 heavy (non-hydrogen) atoms. The van der Waals surface area contributed by atoms with E-state index in [0.29, 0.717) is 23.4 Å². The minimum atomic E-state index is -3.89. The molecule has 0 fully saturated rings. The Hall–Kier alpha value is -3.93. The highest BCUT2D eigenvalue weighted by Gasteiger charge is 2.18. The van der Waals surface area contributed by atoms with Crippen LogP contribution in [-0.2, 0) is 21.2 Å². The number of carbonyl (C=O) groups is 1. The van der Waals surface area contributed by atoms with Gasteiger partial charge in [0.1, 0.15) is 5.75 Å². The van der Waals surface area contributed by atoms with E-state index in [1.54, 1.807) is 19.1 Å². The molecule has 3 aromatic carbocycles. The molecule has 3 rings (SSSR count). The topological polar surface area (TPSA) is 126 Å². The minimum Gasteiger partial charge on any atom is -0.453 e. The molecule has 0 aliphatic rings. The molecule has 3 N–H and O–H groups in total. The van der Waals surface area contributed by atoms with Crippen LogP contribution in [-0.4, -0.2) is 39.9 Å². The Morgan fingerprint density at radius 1 is 1.16 bits per heavy atom. The van der Waals surface area contributed by atoms with E-state index in [1.807, 2.05) is 25.1 Å². The molecule has 1 amide bonds. The Labute approximate surface area is 225 Å².